The first-order valence-electron chi connectivity index (χ1n) is 8.30. The summed E-state index contributed by atoms with van der Waals surface area (Å²) >= 11 is 5.85. The van der Waals surface area contributed by atoms with Crippen LogP contribution in [0.25, 0.3) is 17.2 Å². The second-order valence-corrected chi connectivity index (χ2v) is 6.35. The van der Waals surface area contributed by atoms with E-state index in [0.717, 1.165) is 16.7 Å². The van der Waals surface area contributed by atoms with Crippen LogP contribution in [-0.2, 0) is 16.1 Å². The van der Waals surface area contributed by atoms with E-state index in [2.05, 4.69) is 0 Å². The maximum absolute atomic E-state index is 11.9. The summed E-state index contributed by atoms with van der Waals surface area (Å²) in [6.45, 7) is 0.177. The molecule has 3 N–H and O–H groups in total. The van der Waals surface area contributed by atoms with E-state index in [1.807, 2.05) is 54.6 Å². The molecular weight excluding hydrogens is 362 g/mol. The summed E-state index contributed by atoms with van der Waals surface area (Å²) in [5.74, 6) is -0.653. The topological polar surface area (TPSA) is 72.6 Å². The van der Waals surface area contributed by atoms with Crippen LogP contribution in [0, 0.1) is 0 Å². The van der Waals surface area contributed by atoms with Crippen molar-refractivity contribution in [3.05, 3.63) is 89.0 Å². The van der Waals surface area contributed by atoms with Crippen molar-refractivity contribution >= 4 is 29.3 Å². The van der Waals surface area contributed by atoms with Gasteiger partial charge >= 0.3 is 5.97 Å². The van der Waals surface area contributed by atoms with E-state index < -0.39 is 5.97 Å². The number of hydrogen-bond donors (Lipinski definition) is 2. The highest BCUT2D eigenvalue weighted by molar-refractivity contribution is 6.32. The third kappa shape index (κ3) is 4.90. The monoisotopic (exact) mass is 379 g/mol. The van der Waals surface area contributed by atoms with Gasteiger partial charge in [-0.3, -0.25) is 0 Å². The van der Waals surface area contributed by atoms with Gasteiger partial charge in [-0.1, -0.05) is 66.2 Å². The Kier molecular flexibility index (Phi) is 5.79. The summed E-state index contributed by atoms with van der Waals surface area (Å²) in [7, 11) is 0. The molecular formula is C22H18ClNO3. The van der Waals surface area contributed by atoms with Crippen molar-refractivity contribution < 1.29 is 14.6 Å². The third-order valence-corrected chi connectivity index (χ3v) is 4.26. The summed E-state index contributed by atoms with van der Waals surface area (Å²) < 4.78 is 5.24. The minimum absolute atomic E-state index is 0.126. The zero-order chi connectivity index (χ0) is 19.2. The number of esters is 1. The molecule has 5 heteroatoms. The first-order valence-corrected chi connectivity index (χ1v) is 8.68. The van der Waals surface area contributed by atoms with Gasteiger partial charge < -0.3 is 15.6 Å². The zero-order valence-corrected chi connectivity index (χ0v) is 15.2. The lowest BCUT2D eigenvalue weighted by Gasteiger charge is -2.05. The van der Waals surface area contributed by atoms with Crippen molar-refractivity contribution in [2.45, 2.75) is 6.61 Å². The Balaban J connectivity index is 1.57. The first-order chi connectivity index (χ1) is 13.0. The predicted molar refractivity (Wildman–Crippen MR) is 108 cm³/mol. The molecule has 3 aromatic carbocycles. The highest BCUT2D eigenvalue weighted by Crippen LogP contribution is 2.31. The van der Waals surface area contributed by atoms with Gasteiger partial charge in [-0.15, -0.1) is 0 Å². The lowest BCUT2D eigenvalue weighted by molar-refractivity contribution is -0.138. The number of phenolic OH excluding ortho intramolecular Hbond substituents is 1. The fraction of sp³-hybridized carbons (Fsp3) is 0.0455. The number of ether oxygens (including phenoxy) is 1. The number of aromatic hydroxyl groups is 1. The van der Waals surface area contributed by atoms with Crippen molar-refractivity contribution in [3.8, 4) is 16.9 Å². The fourth-order valence-electron chi connectivity index (χ4n) is 2.53. The van der Waals surface area contributed by atoms with Gasteiger partial charge in [-0.25, -0.2) is 4.79 Å². The molecule has 4 nitrogen and oxygen atoms in total. The average Bonchev–Trinajstić information content (AvgIpc) is 2.70. The number of carbonyl (C=O) groups is 1. The molecule has 0 radical (unpaired) electrons. The molecule has 0 spiro atoms. The molecule has 0 unspecified atom stereocenters. The van der Waals surface area contributed by atoms with Crippen molar-refractivity contribution in [2.75, 3.05) is 5.73 Å². The number of halogens is 1. The Morgan fingerprint density at radius 1 is 1.04 bits per heavy atom. The highest BCUT2D eigenvalue weighted by Gasteiger charge is 2.05. The van der Waals surface area contributed by atoms with Crippen LogP contribution in [0.2, 0.25) is 5.02 Å². The molecule has 0 amide bonds. The van der Waals surface area contributed by atoms with E-state index in [4.69, 9.17) is 22.1 Å². The number of nitrogens with two attached hydrogens (primary N) is 1. The van der Waals surface area contributed by atoms with Crippen LogP contribution in [0.1, 0.15) is 11.1 Å². The smallest absolute Gasteiger partial charge is 0.331 e. The van der Waals surface area contributed by atoms with Gasteiger partial charge in [0.25, 0.3) is 0 Å². The van der Waals surface area contributed by atoms with Crippen molar-refractivity contribution in [1.29, 1.82) is 0 Å². The van der Waals surface area contributed by atoms with Gasteiger partial charge in [0.15, 0.2) is 5.75 Å². The number of anilines is 1. The highest BCUT2D eigenvalue weighted by atomic mass is 35.5. The standard InChI is InChI=1S/C22H18ClNO3/c23-19-12-16(13-20(24)22(19)26)8-11-21(25)27-14-15-6-9-18(10-7-15)17-4-2-1-3-5-17/h1-13,26H,14,24H2. The molecule has 0 aliphatic rings. The lowest BCUT2D eigenvalue weighted by Crippen LogP contribution is -2.00. The predicted octanol–water partition coefficient (Wildman–Crippen LogP) is 5.05. The number of benzene rings is 3. The molecule has 0 bridgehead atoms. The lowest BCUT2D eigenvalue weighted by atomic mass is 10.0. The number of phenols is 1. The normalized spacial score (nSPS) is 10.9. The van der Waals surface area contributed by atoms with Crippen LogP contribution in [-0.4, -0.2) is 11.1 Å². The number of carbonyl (C=O) groups excluding carboxylic acids is 1. The second-order valence-electron chi connectivity index (χ2n) is 5.94. The summed E-state index contributed by atoms with van der Waals surface area (Å²) in [5.41, 5.74) is 9.51. The van der Waals surface area contributed by atoms with E-state index in [1.165, 1.54) is 24.3 Å². The van der Waals surface area contributed by atoms with Gasteiger partial charge in [0.2, 0.25) is 0 Å². The van der Waals surface area contributed by atoms with Crippen LogP contribution in [0.5, 0.6) is 5.75 Å². The minimum Gasteiger partial charge on any atom is -0.504 e. The molecule has 136 valence electrons. The Bertz CT molecular complexity index is 944. The van der Waals surface area contributed by atoms with Crippen LogP contribution in [0.4, 0.5) is 5.69 Å². The van der Waals surface area contributed by atoms with E-state index in [1.54, 1.807) is 0 Å². The third-order valence-electron chi connectivity index (χ3n) is 3.97. The van der Waals surface area contributed by atoms with Crippen LogP contribution in [0.15, 0.2) is 72.8 Å². The Labute approximate surface area is 162 Å². The molecule has 3 rings (SSSR count). The molecule has 0 aromatic heterocycles. The largest absolute Gasteiger partial charge is 0.504 e. The first kappa shape index (κ1) is 18.5. The van der Waals surface area contributed by atoms with Crippen molar-refractivity contribution in [2.24, 2.45) is 0 Å². The molecule has 0 saturated carbocycles. The van der Waals surface area contributed by atoms with Gasteiger partial charge in [-0.2, -0.15) is 0 Å². The molecule has 0 fully saturated rings. The van der Waals surface area contributed by atoms with Gasteiger partial charge in [0.05, 0.1) is 10.7 Å². The van der Waals surface area contributed by atoms with E-state index in [9.17, 15) is 9.90 Å². The molecule has 0 heterocycles. The SMILES string of the molecule is Nc1cc(C=CC(=O)OCc2ccc(-c3ccccc3)cc2)cc(Cl)c1O. The molecule has 0 aliphatic carbocycles. The summed E-state index contributed by atoms with van der Waals surface area (Å²) in [6, 6.07) is 20.9. The van der Waals surface area contributed by atoms with Crippen LogP contribution in [0.3, 0.4) is 0 Å². The Hall–Kier alpha value is -3.24. The van der Waals surface area contributed by atoms with E-state index >= 15 is 0 Å². The van der Waals surface area contributed by atoms with Crippen LogP contribution < -0.4 is 5.73 Å². The minimum atomic E-state index is -0.482. The Morgan fingerprint density at radius 3 is 2.37 bits per heavy atom. The molecule has 0 atom stereocenters. The molecule has 0 aliphatic heterocycles. The molecule has 27 heavy (non-hydrogen) atoms. The van der Waals surface area contributed by atoms with E-state index in [-0.39, 0.29) is 23.1 Å². The number of hydrogen-bond acceptors (Lipinski definition) is 4. The quantitative estimate of drug-likeness (QED) is 0.281. The van der Waals surface area contributed by atoms with Gasteiger partial charge in [0.1, 0.15) is 6.61 Å². The Morgan fingerprint density at radius 2 is 1.70 bits per heavy atom. The fourth-order valence-corrected chi connectivity index (χ4v) is 2.76. The van der Waals surface area contributed by atoms with Gasteiger partial charge in [-0.05, 0) is 40.5 Å². The van der Waals surface area contributed by atoms with Gasteiger partial charge in [0, 0.05) is 6.08 Å². The van der Waals surface area contributed by atoms with E-state index in [0.29, 0.717) is 5.56 Å². The zero-order valence-electron chi connectivity index (χ0n) is 14.4. The average molecular weight is 380 g/mol. The second kappa shape index (κ2) is 8.43. The number of nitrogen functional groups attached to an aromatic ring is 1. The molecule has 0 saturated heterocycles. The summed E-state index contributed by atoms with van der Waals surface area (Å²) in [6.07, 6.45) is 2.82. The summed E-state index contributed by atoms with van der Waals surface area (Å²) in [4.78, 5) is 11.9. The van der Waals surface area contributed by atoms with Crippen molar-refractivity contribution in [1.82, 2.24) is 0 Å². The summed E-state index contributed by atoms with van der Waals surface area (Å²) in [5, 5.41) is 9.66. The maximum Gasteiger partial charge on any atom is 0.331 e. The van der Waals surface area contributed by atoms with Crippen LogP contribution >= 0.6 is 11.6 Å². The maximum atomic E-state index is 11.9. The number of rotatable bonds is 5. The molecule has 3 aromatic rings. The van der Waals surface area contributed by atoms with Crippen molar-refractivity contribution in [3.63, 3.8) is 0 Å².